The maximum atomic E-state index is 5.99. The SMILES string of the molecule is CCc1ccccc1C(Cc1ccc(Cl)s1)NC. The van der Waals surface area contributed by atoms with E-state index in [1.54, 1.807) is 11.3 Å². The zero-order valence-electron chi connectivity index (χ0n) is 10.7. The Hall–Kier alpha value is -0.830. The van der Waals surface area contributed by atoms with Gasteiger partial charge in [0.25, 0.3) is 0 Å². The minimum Gasteiger partial charge on any atom is -0.313 e. The summed E-state index contributed by atoms with van der Waals surface area (Å²) in [6, 6.07) is 13.1. The summed E-state index contributed by atoms with van der Waals surface area (Å²) < 4.78 is 0.864. The average molecular weight is 280 g/mol. The standard InChI is InChI=1S/C15H18ClNS/c1-3-11-6-4-5-7-13(11)14(17-2)10-12-8-9-15(16)18-12/h4-9,14,17H,3,10H2,1-2H3. The first-order chi connectivity index (χ1) is 8.74. The van der Waals surface area contributed by atoms with Crippen molar-refractivity contribution < 1.29 is 0 Å². The lowest BCUT2D eigenvalue weighted by Crippen LogP contribution is -2.19. The largest absolute Gasteiger partial charge is 0.313 e. The van der Waals surface area contributed by atoms with Crippen molar-refractivity contribution >= 4 is 22.9 Å². The fourth-order valence-corrected chi connectivity index (χ4v) is 3.36. The van der Waals surface area contributed by atoms with Crippen molar-refractivity contribution in [1.82, 2.24) is 5.32 Å². The number of benzene rings is 1. The summed E-state index contributed by atoms with van der Waals surface area (Å²) in [5.41, 5.74) is 2.81. The molecule has 3 heteroatoms. The third kappa shape index (κ3) is 3.14. The van der Waals surface area contributed by atoms with Gasteiger partial charge in [-0.25, -0.2) is 0 Å². The molecular formula is C15H18ClNS. The van der Waals surface area contributed by atoms with Crippen molar-refractivity contribution in [3.63, 3.8) is 0 Å². The molecule has 0 aliphatic rings. The van der Waals surface area contributed by atoms with E-state index in [9.17, 15) is 0 Å². The van der Waals surface area contributed by atoms with Crippen LogP contribution < -0.4 is 5.32 Å². The Balaban J connectivity index is 2.22. The normalized spacial score (nSPS) is 12.6. The van der Waals surface area contributed by atoms with E-state index >= 15 is 0 Å². The molecule has 1 unspecified atom stereocenters. The molecule has 18 heavy (non-hydrogen) atoms. The molecule has 0 aliphatic heterocycles. The number of aryl methyl sites for hydroxylation is 1. The molecule has 1 aromatic heterocycles. The van der Waals surface area contributed by atoms with Crippen LogP contribution in [0.2, 0.25) is 4.34 Å². The number of hydrogen-bond donors (Lipinski definition) is 1. The lowest BCUT2D eigenvalue weighted by atomic mass is 9.96. The van der Waals surface area contributed by atoms with Gasteiger partial charge in [0.1, 0.15) is 0 Å². The van der Waals surface area contributed by atoms with Crippen molar-refractivity contribution in [3.05, 3.63) is 56.7 Å². The van der Waals surface area contributed by atoms with Crippen molar-refractivity contribution in [2.45, 2.75) is 25.8 Å². The smallest absolute Gasteiger partial charge is 0.0931 e. The Morgan fingerprint density at radius 2 is 2.00 bits per heavy atom. The van der Waals surface area contributed by atoms with Crippen LogP contribution in [-0.2, 0) is 12.8 Å². The summed E-state index contributed by atoms with van der Waals surface area (Å²) in [6.07, 6.45) is 2.06. The molecule has 2 rings (SSSR count). The van der Waals surface area contributed by atoms with Gasteiger partial charge in [-0.05, 0) is 36.7 Å². The van der Waals surface area contributed by atoms with Crippen LogP contribution in [0, 0.1) is 0 Å². The van der Waals surface area contributed by atoms with Gasteiger partial charge >= 0.3 is 0 Å². The lowest BCUT2D eigenvalue weighted by Gasteiger charge is -2.19. The summed E-state index contributed by atoms with van der Waals surface area (Å²) in [5, 5.41) is 3.41. The minimum absolute atomic E-state index is 0.357. The zero-order valence-corrected chi connectivity index (χ0v) is 12.3. The second kappa shape index (κ2) is 6.37. The van der Waals surface area contributed by atoms with Gasteiger partial charge in [0.2, 0.25) is 0 Å². The molecule has 0 aliphatic carbocycles. The van der Waals surface area contributed by atoms with Gasteiger partial charge in [-0.15, -0.1) is 11.3 Å². The number of thiophene rings is 1. The molecule has 0 saturated heterocycles. The highest BCUT2D eigenvalue weighted by Gasteiger charge is 2.14. The second-order valence-electron chi connectivity index (χ2n) is 4.30. The van der Waals surface area contributed by atoms with Crippen LogP contribution in [0.15, 0.2) is 36.4 Å². The fourth-order valence-electron chi connectivity index (χ4n) is 2.23. The van der Waals surface area contributed by atoms with Crippen LogP contribution >= 0.6 is 22.9 Å². The number of hydrogen-bond acceptors (Lipinski definition) is 2. The first-order valence-electron chi connectivity index (χ1n) is 6.24. The van der Waals surface area contributed by atoms with Crippen LogP contribution in [0.5, 0.6) is 0 Å². The quantitative estimate of drug-likeness (QED) is 0.852. The Bertz CT molecular complexity index is 507. The van der Waals surface area contributed by atoms with E-state index in [0.29, 0.717) is 6.04 Å². The first-order valence-corrected chi connectivity index (χ1v) is 7.43. The number of halogens is 1. The van der Waals surface area contributed by atoms with Gasteiger partial charge in [-0.3, -0.25) is 0 Å². The van der Waals surface area contributed by atoms with Gasteiger partial charge in [0.05, 0.1) is 4.34 Å². The molecule has 0 fully saturated rings. The molecule has 1 nitrogen and oxygen atoms in total. The molecule has 1 N–H and O–H groups in total. The van der Waals surface area contributed by atoms with Crippen LogP contribution in [0.25, 0.3) is 0 Å². The minimum atomic E-state index is 0.357. The van der Waals surface area contributed by atoms with Crippen LogP contribution in [0.4, 0.5) is 0 Å². The summed E-state index contributed by atoms with van der Waals surface area (Å²) in [6.45, 7) is 2.20. The number of nitrogens with one attached hydrogen (secondary N) is 1. The van der Waals surface area contributed by atoms with E-state index in [2.05, 4.69) is 42.6 Å². The molecule has 96 valence electrons. The molecule has 2 aromatic rings. The van der Waals surface area contributed by atoms with Crippen molar-refractivity contribution in [1.29, 1.82) is 0 Å². The van der Waals surface area contributed by atoms with E-state index in [0.717, 1.165) is 17.2 Å². The van der Waals surface area contributed by atoms with Crippen LogP contribution in [-0.4, -0.2) is 7.05 Å². The van der Waals surface area contributed by atoms with E-state index < -0.39 is 0 Å². The second-order valence-corrected chi connectivity index (χ2v) is 6.10. The molecular weight excluding hydrogens is 262 g/mol. The Kier molecular flexibility index (Phi) is 4.81. The molecule has 0 amide bonds. The van der Waals surface area contributed by atoms with Gasteiger partial charge in [-0.1, -0.05) is 42.8 Å². The maximum Gasteiger partial charge on any atom is 0.0931 e. The topological polar surface area (TPSA) is 12.0 Å². The highest BCUT2D eigenvalue weighted by molar-refractivity contribution is 7.16. The molecule has 0 radical (unpaired) electrons. The van der Waals surface area contributed by atoms with E-state index in [4.69, 9.17) is 11.6 Å². The molecule has 0 spiro atoms. The van der Waals surface area contributed by atoms with Crippen LogP contribution in [0.1, 0.15) is 29.0 Å². The zero-order chi connectivity index (χ0) is 13.0. The van der Waals surface area contributed by atoms with Gasteiger partial charge in [0, 0.05) is 17.3 Å². The fraction of sp³-hybridized carbons (Fsp3) is 0.333. The Labute approximate surface area is 118 Å². The predicted octanol–water partition coefficient (Wildman–Crippen LogP) is 4.47. The van der Waals surface area contributed by atoms with Gasteiger partial charge < -0.3 is 5.32 Å². The molecule has 1 aromatic carbocycles. The monoisotopic (exact) mass is 279 g/mol. The van der Waals surface area contributed by atoms with Gasteiger partial charge in [-0.2, -0.15) is 0 Å². The highest BCUT2D eigenvalue weighted by atomic mass is 35.5. The third-order valence-corrected chi connectivity index (χ3v) is 4.45. The Morgan fingerprint density at radius 3 is 2.61 bits per heavy atom. The molecule has 0 bridgehead atoms. The molecule has 0 saturated carbocycles. The van der Waals surface area contributed by atoms with Crippen molar-refractivity contribution in [3.8, 4) is 0 Å². The van der Waals surface area contributed by atoms with Crippen molar-refractivity contribution in [2.24, 2.45) is 0 Å². The summed E-state index contributed by atoms with van der Waals surface area (Å²) in [5.74, 6) is 0. The van der Waals surface area contributed by atoms with E-state index in [1.165, 1.54) is 16.0 Å². The van der Waals surface area contributed by atoms with Crippen LogP contribution in [0.3, 0.4) is 0 Å². The van der Waals surface area contributed by atoms with E-state index in [1.807, 2.05) is 13.1 Å². The number of rotatable bonds is 5. The third-order valence-electron chi connectivity index (χ3n) is 3.19. The maximum absolute atomic E-state index is 5.99. The summed E-state index contributed by atoms with van der Waals surface area (Å²) in [7, 11) is 2.02. The molecule has 1 atom stereocenters. The lowest BCUT2D eigenvalue weighted by molar-refractivity contribution is 0.591. The van der Waals surface area contributed by atoms with Crippen molar-refractivity contribution in [2.75, 3.05) is 7.05 Å². The highest BCUT2D eigenvalue weighted by Crippen LogP contribution is 2.28. The van der Waals surface area contributed by atoms with E-state index in [-0.39, 0.29) is 0 Å². The summed E-state index contributed by atoms with van der Waals surface area (Å²) in [4.78, 5) is 1.32. The van der Waals surface area contributed by atoms with Gasteiger partial charge in [0.15, 0.2) is 0 Å². The summed E-state index contributed by atoms with van der Waals surface area (Å²) >= 11 is 7.65. The predicted molar refractivity (Wildman–Crippen MR) is 80.7 cm³/mol. The Morgan fingerprint density at radius 1 is 1.22 bits per heavy atom. The molecule has 1 heterocycles. The number of likely N-dealkylation sites (N-methyl/N-ethyl adjacent to an activating group) is 1. The first kappa shape index (κ1) is 13.6. The average Bonchev–Trinajstić information content (AvgIpc) is 2.81.